The van der Waals surface area contributed by atoms with Crippen LogP contribution >= 0.6 is 15.9 Å². The molecule has 17 heavy (non-hydrogen) atoms. The van der Waals surface area contributed by atoms with Crippen molar-refractivity contribution in [3.63, 3.8) is 0 Å². The number of benzene rings is 2. The number of hydrogen-bond donors (Lipinski definition) is 1. The lowest BCUT2D eigenvalue weighted by atomic mass is 10.2. The zero-order valence-electron chi connectivity index (χ0n) is 8.76. The standard InChI is InChI=1S/C12H9BrN2O2/c13-9-2-1-3-11(8-9)14-10-4-6-12(7-5-10)15(16)17/h1-8,14H. The lowest BCUT2D eigenvalue weighted by molar-refractivity contribution is -0.384. The molecule has 2 aromatic rings. The summed E-state index contributed by atoms with van der Waals surface area (Å²) in [7, 11) is 0. The Kier molecular flexibility index (Phi) is 3.39. The third-order valence-corrected chi connectivity index (χ3v) is 2.68. The van der Waals surface area contributed by atoms with Crippen LogP contribution in [0.15, 0.2) is 53.0 Å². The Morgan fingerprint density at radius 3 is 2.35 bits per heavy atom. The fourth-order valence-electron chi connectivity index (χ4n) is 1.40. The van der Waals surface area contributed by atoms with E-state index in [1.807, 2.05) is 24.3 Å². The average molecular weight is 293 g/mol. The Morgan fingerprint density at radius 1 is 1.06 bits per heavy atom. The van der Waals surface area contributed by atoms with Crippen molar-refractivity contribution in [1.82, 2.24) is 0 Å². The summed E-state index contributed by atoms with van der Waals surface area (Å²) in [6.45, 7) is 0. The van der Waals surface area contributed by atoms with Gasteiger partial charge in [-0.25, -0.2) is 0 Å². The summed E-state index contributed by atoms with van der Waals surface area (Å²) in [5.74, 6) is 0. The first-order valence-electron chi connectivity index (χ1n) is 4.92. The molecule has 86 valence electrons. The molecule has 0 aromatic heterocycles. The van der Waals surface area contributed by atoms with E-state index in [4.69, 9.17) is 0 Å². The zero-order valence-corrected chi connectivity index (χ0v) is 10.3. The smallest absolute Gasteiger partial charge is 0.269 e. The maximum absolute atomic E-state index is 10.5. The maximum atomic E-state index is 10.5. The van der Waals surface area contributed by atoms with Crippen molar-refractivity contribution in [2.24, 2.45) is 0 Å². The number of anilines is 2. The molecule has 0 unspecified atom stereocenters. The number of rotatable bonds is 3. The van der Waals surface area contributed by atoms with Crippen LogP contribution < -0.4 is 5.32 Å². The molecule has 0 heterocycles. The molecule has 0 saturated carbocycles. The number of nitrogens with one attached hydrogen (secondary N) is 1. The molecule has 0 aliphatic rings. The monoisotopic (exact) mass is 292 g/mol. The van der Waals surface area contributed by atoms with Crippen LogP contribution in [0.5, 0.6) is 0 Å². The average Bonchev–Trinajstić information content (AvgIpc) is 2.29. The Bertz CT molecular complexity index is 540. The first-order valence-corrected chi connectivity index (χ1v) is 5.71. The van der Waals surface area contributed by atoms with Gasteiger partial charge < -0.3 is 5.32 Å². The highest BCUT2D eigenvalue weighted by molar-refractivity contribution is 9.10. The van der Waals surface area contributed by atoms with E-state index in [9.17, 15) is 10.1 Å². The van der Waals surface area contributed by atoms with E-state index in [-0.39, 0.29) is 5.69 Å². The van der Waals surface area contributed by atoms with Gasteiger partial charge in [-0.15, -0.1) is 0 Å². The normalized spacial score (nSPS) is 9.94. The topological polar surface area (TPSA) is 55.2 Å². The fourth-order valence-corrected chi connectivity index (χ4v) is 1.80. The highest BCUT2D eigenvalue weighted by Crippen LogP contribution is 2.22. The molecule has 1 N–H and O–H groups in total. The van der Waals surface area contributed by atoms with Crippen molar-refractivity contribution in [3.8, 4) is 0 Å². The molecule has 0 spiro atoms. The molecule has 0 fully saturated rings. The van der Waals surface area contributed by atoms with Crippen molar-refractivity contribution < 1.29 is 4.92 Å². The number of nitrogens with zero attached hydrogens (tertiary/aromatic N) is 1. The second-order valence-electron chi connectivity index (χ2n) is 3.44. The summed E-state index contributed by atoms with van der Waals surface area (Å²) in [6.07, 6.45) is 0. The lowest BCUT2D eigenvalue weighted by Gasteiger charge is -2.06. The number of nitro benzene ring substituents is 1. The van der Waals surface area contributed by atoms with Crippen molar-refractivity contribution in [2.75, 3.05) is 5.32 Å². The van der Waals surface area contributed by atoms with Gasteiger partial charge in [-0.05, 0) is 30.3 Å². The maximum Gasteiger partial charge on any atom is 0.269 e. The van der Waals surface area contributed by atoms with Gasteiger partial charge in [0.1, 0.15) is 0 Å². The van der Waals surface area contributed by atoms with Crippen LogP contribution in [-0.2, 0) is 0 Å². The first kappa shape index (κ1) is 11.6. The Morgan fingerprint density at radius 2 is 1.76 bits per heavy atom. The Hall–Kier alpha value is -1.88. The van der Waals surface area contributed by atoms with Gasteiger partial charge in [-0.3, -0.25) is 10.1 Å². The number of halogens is 1. The molecule has 0 aliphatic carbocycles. The van der Waals surface area contributed by atoms with Crippen molar-refractivity contribution in [1.29, 1.82) is 0 Å². The molecule has 0 amide bonds. The van der Waals surface area contributed by atoms with Crippen molar-refractivity contribution in [2.45, 2.75) is 0 Å². The van der Waals surface area contributed by atoms with Gasteiger partial charge in [0.25, 0.3) is 5.69 Å². The first-order chi connectivity index (χ1) is 8.15. The molecule has 0 bridgehead atoms. The predicted molar refractivity (Wildman–Crippen MR) is 70.5 cm³/mol. The van der Waals surface area contributed by atoms with Gasteiger partial charge in [0.05, 0.1) is 4.92 Å². The van der Waals surface area contributed by atoms with E-state index in [0.29, 0.717) is 0 Å². The predicted octanol–water partition coefficient (Wildman–Crippen LogP) is 4.10. The number of non-ortho nitro benzene ring substituents is 1. The van der Waals surface area contributed by atoms with Crippen LogP contribution in [-0.4, -0.2) is 4.92 Å². The zero-order chi connectivity index (χ0) is 12.3. The summed E-state index contributed by atoms with van der Waals surface area (Å²) in [4.78, 5) is 10.1. The van der Waals surface area contributed by atoms with Gasteiger partial charge in [0.15, 0.2) is 0 Å². The van der Waals surface area contributed by atoms with Crippen molar-refractivity contribution in [3.05, 3.63) is 63.1 Å². The number of hydrogen-bond acceptors (Lipinski definition) is 3. The van der Waals surface area contributed by atoms with Crippen LogP contribution in [0.25, 0.3) is 0 Å². The minimum Gasteiger partial charge on any atom is -0.355 e. The summed E-state index contributed by atoms with van der Waals surface area (Å²) in [5.41, 5.74) is 1.83. The molecule has 5 heteroatoms. The summed E-state index contributed by atoms with van der Waals surface area (Å²) in [6, 6.07) is 14.0. The van der Waals surface area contributed by atoms with E-state index in [0.717, 1.165) is 15.8 Å². The van der Waals surface area contributed by atoms with E-state index >= 15 is 0 Å². The Labute approximate surface area is 107 Å². The van der Waals surface area contributed by atoms with E-state index < -0.39 is 4.92 Å². The van der Waals surface area contributed by atoms with E-state index in [1.165, 1.54) is 12.1 Å². The second kappa shape index (κ2) is 4.97. The quantitative estimate of drug-likeness (QED) is 0.684. The number of nitro groups is 1. The molecule has 2 aromatic carbocycles. The summed E-state index contributed by atoms with van der Waals surface area (Å²) >= 11 is 3.38. The minimum absolute atomic E-state index is 0.0878. The molecule has 2 rings (SSSR count). The molecule has 0 radical (unpaired) electrons. The molecular formula is C12H9BrN2O2. The molecule has 0 aliphatic heterocycles. The molecular weight excluding hydrogens is 284 g/mol. The SMILES string of the molecule is O=[N+]([O-])c1ccc(Nc2cccc(Br)c2)cc1. The third kappa shape index (κ3) is 3.04. The van der Waals surface area contributed by atoms with Crippen LogP contribution in [0, 0.1) is 10.1 Å². The van der Waals surface area contributed by atoms with Gasteiger partial charge >= 0.3 is 0 Å². The molecule has 0 saturated heterocycles. The van der Waals surface area contributed by atoms with Gasteiger partial charge in [0, 0.05) is 28.0 Å². The van der Waals surface area contributed by atoms with Crippen LogP contribution in [0.3, 0.4) is 0 Å². The highest BCUT2D eigenvalue weighted by Gasteiger charge is 2.03. The molecule has 0 atom stereocenters. The third-order valence-electron chi connectivity index (χ3n) is 2.19. The second-order valence-corrected chi connectivity index (χ2v) is 4.36. The van der Waals surface area contributed by atoms with Crippen LogP contribution in [0.1, 0.15) is 0 Å². The highest BCUT2D eigenvalue weighted by atomic mass is 79.9. The van der Waals surface area contributed by atoms with E-state index in [2.05, 4.69) is 21.2 Å². The Balaban J connectivity index is 2.16. The largest absolute Gasteiger partial charge is 0.355 e. The fraction of sp³-hybridized carbons (Fsp3) is 0. The van der Waals surface area contributed by atoms with Crippen molar-refractivity contribution >= 4 is 33.0 Å². The van der Waals surface area contributed by atoms with Gasteiger partial charge in [-0.1, -0.05) is 22.0 Å². The van der Waals surface area contributed by atoms with Gasteiger partial charge in [-0.2, -0.15) is 0 Å². The van der Waals surface area contributed by atoms with Crippen LogP contribution in [0.2, 0.25) is 0 Å². The van der Waals surface area contributed by atoms with E-state index in [1.54, 1.807) is 12.1 Å². The van der Waals surface area contributed by atoms with Crippen LogP contribution in [0.4, 0.5) is 17.1 Å². The summed E-state index contributed by atoms with van der Waals surface area (Å²) < 4.78 is 0.976. The minimum atomic E-state index is -0.414. The lowest BCUT2D eigenvalue weighted by Crippen LogP contribution is -1.91. The van der Waals surface area contributed by atoms with Gasteiger partial charge in [0.2, 0.25) is 0 Å². The summed E-state index contributed by atoms with van der Waals surface area (Å²) in [5, 5.41) is 13.7. The molecule has 4 nitrogen and oxygen atoms in total.